The number of guanidine groups is 1. The number of aromatic nitrogens is 1. The van der Waals surface area contributed by atoms with E-state index in [1.54, 1.807) is 13.1 Å². The Kier molecular flexibility index (Phi) is 9.93. The fraction of sp³-hybridized carbons (Fsp3) is 0.429. The lowest BCUT2D eigenvalue weighted by Crippen LogP contribution is -2.45. The Morgan fingerprint density at radius 3 is 2.43 bits per heavy atom. The number of nitrogens with one attached hydrogen (secondary N) is 2. The summed E-state index contributed by atoms with van der Waals surface area (Å²) in [5.41, 5.74) is 2.04. The fourth-order valence-electron chi connectivity index (χ4n) is 3.32. The van der Waals surface area contributed by atoms with Crippen molar-refractivity contribution < 1.29 is 4.74 Å². The molecule has 6 nitrogen and oxygen atoms in total. The predicted octanol–water partition coefficient (Wildman–Crippen LogP) is 4.49. The van der Waals surface area contributed by atoms with Crippen LogP contribution in [0.1, 0.15) is 25.0 Å². The van der Waals surface area contributed by atoms with Crippen molar-refractivity contribution in [3.8, 4) is 0 Å². The molecule has 0 amide bonds. The van der Waals surface area contributed by atoms with E-state index in [4.69, 9.17) is 27.9 Å². The summed E-state index contributed by atoms with van der Waals surface area (Å²) in [6.45, 7) is 7.09. The molecule has 2 heterocycles. The summed E-state index contributed by atoms with van der Waals surface area (Å²) in [4.78, 5) is 11.2. The van der Waals surface area contributed by atoms with Gasteiger partial charge >= 0.3 is 0 Å². The molecule has 2 aromatic rings. The van der Waals surface area contributed by atoms with E-state index in [2.05, 4.69) is 51.5 Å². The first-order valence-corrected chi connectivity index (χ1v) is 10.4. The monoisotopic (exact) mass is 563 g/mol. The Morgan fingerprint density at radius 1 is 1.13 bits per heavy atom. The van der Waals surface area contributed by atoms with Crippen LogP contribution in [-0.2, 0) is 17.8 Å². The first-order chi connectivity index (χ1) is 13.9. The quantitative estimate of drug-likeness (QED) is 0.319. The lowest BCUT2D eigenvalue weighted by atomic mass is 10.2. The smallest absolute Gasteiger partial charge is 0.191 e. The van der Waals surface area contributed by atoms with Crippen LogP contribution < -0.4 is 15.5 Å². The molecule has 1 aromatic carbocycles. The molecule has 9 heteroatoms. The van der Waals surface area contributed by atoms with Crippen LogP contribution in [0.4, 0.5) is 5.82 Å². The summed E-state index contributed by atoms with van der Waals surface area (Å²) in [6, 6.07) is 9.61. The molecule has 1 aliphatic heterocycles. The Balaban J connectivity index is 0.00000320. The van der Waals surface area contributed by atoms with Crippen LogP contribution in [-0.4, -0.2) is 43.3 Å². The van der Waals surface area contributed by atoms with Crippen molar-refractivity contribution in [2.24, 2.45) is 4.99 Å². The minimum absolute atomic E-state index is 0. The Morgan fingerprint density at radius 2 is 1.83 bits per heavy atom. The Bertz CT molecular complexity index is 840. The zero-order valence-electron chi connectivity index (χ0n) is 17.4. The number of hydrogen-bond acceptors (Lipinski definition) is 4. The molecule has 1 saturated heterocycles. The van der Waals surface area contributed by atoms with Gasteiger partial charge in [0.05, 0.1) is 12.2 Å². The number of halogens is 3. The minimum Gasteiger partial charge on any atom is -0.372 e. The fourth-order valence-corrected chi connectivity index (χ4v) is 3.80. The van der Waals surface area contributed by atoms with Crippen LogP contribution in [0.2, 0.25) is 10.0 Å². The maximum Gasteiger partial charge on any atom is 0.191 e. The SMILES string of the molecule is CN=C(NCc1ccc(N2CC(C)OC(C)C2)nc1)NCc1ccc(Cl)cc1Cl.I. The van der Waals surface area contributed by atoms with Gasteiger partial charge in [0, 0.05) is 49.5 Å². The van der Waals surface area contributed by atoms with Crippen molar-refractivity contribution >= 4 is 59.0 Å². The third-order valence-electron chi connectivity index (χ3n) is 4.70. The normalized spacial score (nSPS) is 19.2. The molecule has 1 aliphatic rings. The topological polar surface area (TPSA) is 61.8 Å². The second-order valence-corrected chi connectivity index (χ2v) is 8.05. The lowest BCUT2D eigenvalue weighted by molar-refractivity contribution is -0.00545. The van der Waals surface area contributed by atoms with Crippen LogP contribution in [0.3, 0.4) is 0 Å². The van der Waals surface area contributed by atoms with Gasteiger partial charge in [-0.25, -0.2) is 4.98 Å². The largest absolute Gasteiger partial charge is 0.372 e. The highest BCUT2D eigenvalue weighted by molar-refractivity contribution is 14.0. The number of benzene rings is 1. The van der Waals surface area contributed by atoms with E-state index >= 15 is 0 Å². The lowest BCUT2D eigenvalue weighted by Gasteiger charge is -2.36. The highest BCUT2D eigenvalue weighted by atomic mass is 127. The van der Waals surface area contributed by atoms with Gasteiger partial charge in [-0.2, -0.15) is 0 Å². The molecule has 3 rings (SSSR count). The first-order valence-electron chi connectivity index (χ1n) is 9.68. The van der Waals surface area contributed by atoms with Gasteiger partial charge in [0.2, 0.25) is 0 Å². The molecule has 164 valence electrons. The average Bonchev–Trinajstić information content (AvgIpc) is 2.69. The third kappa shape index (κ3) is 7.14. The second kappa shape index (κ2) is 11.9. The number of anilines is 1. The Labute approximate surface area is 205 Å². The highest BCUT2D eigenvalue weighted by Crippen LogP contribution is 2.21. The molecule has 0 spiro atoms. The van der Waals surface area contributed by atoms with Crippen molar-refractivity contribution in [1.82, 2.24) is 15.6 Å². The molecule has 30 heavy (non-hydrogen) atoms. The standard InChI is InChI=1S/C21H27Cl2N5O.HI/c1-14-12-28(13-15(2)29-14)20-7-4-16(9-25-20)10-26-21(24-3)27-11-17-5-6-18(22)8-19(17)23;/h4-9,14-15H,10-13H2,1-3H3,(H2,24,26,27);1H. The van der Waals surface area contributed by atoms with Gasteiger partial charge in [0.15, 0.2) is 5.96 Å². The van der Waals surface area contributed by atoms with Crippen LogP contribution in [0.25, 0.3) is 0 Å². The van der Waals surface area contributed by atoms with Crippen molar-refractivity contribution in [3.05, 3.63) is 57.7 Å². The number of ether oxygens (including phenoxy) is 1. The molecule has 2 atom stereocenters. The first kappa shape index (κ1) is 25.0. The van der Waals surface area contributed by atoms with Crippen molar-refractivity contribution in [2.75, 3.05) is 25.0 Å². The van der Waals surface area contributed by atoms with Gasteiger partial charge in [0.25, 0.3) is 0 Å². The number of aliphatic imine (C=N–C) groups is 1. The molecule has 2 N–H and O–H groups in total. The molecular weight excluding hydrogens is 536 g/mol. The van der Waals surface area contributed by atoms with E-state index in [0.717, 1.165) is 30.0 Å². The highest BCUT2D eigenvalue weighted by Gasteiger charge is 2.22. The summed E-state index contributed by atoms with van der Waals surface area (Å²) < 4.78 is 5.79. The maximum atomic E-state index is 6.22. The number of rotatable bonds is 5. The predicted molar refractivity (Wildman–Crippen MR) is 135 cm³/mol. The second-order valence-electron chi connectivity index (χ2n) is 7.20. The summed E-state index contributed by atoms with van der Waals surface area (Å²) in [6.07, 6.45) is 2.33. The summed E-state index contributed by atoms with van der Waals surface area (Å²) in [7, 11) is 1.74. The Hall–Kier alpha value is -1.29. The van der Waals surface area contributed by atoms with Crippen molar-refractivity contribution in [3.63, 3.8) is 0 Å². The van der Waals surface area contributed by atoms with E-state index in [1.807, 2.05) is 18.3 Å². The van der Waals surface area contributed by atoms with Crippen LogP contribution in [0, 0.1) is 0 Å². The zero-order chi connectivity index (χ0) is 20.8. The maximum absolute atomic E-state index is 6.22. The van der Waals surface area contributed by atoms with E-state index < -0.39 is 0 Å². The van der Waals surface area contributed by atoms with Crippen LogP contribution in [0.15, 0.2) is 41.5 Å². The number of nitrogens with zero attached hydrogens (tertiary/aromatic N) is 3. The van der Waals surface area contributed by atoms with Gasteiger partial charge in [0.1, 0.15) is 5.82 Å². The zero-order valence-corrected chi connectivity index (χ0v) is 21.2. The van der Waals surface area contributed by atoms with E-state index in [-0.39, 0.29) is 36.2 Å². The van der Waals surface area contributed by atoms with Crippen molar-refractivity contribution in [2.45, 2.75) is 39.1 Å². The molecule has 2 unspecified atom stereocenters. The van der Waals surface area contributed by atoms with Gasteiger partial charge < -0.3 is 20.3 Å². The third-order valence-corrected chi connectivity index (χ3v) is 5.28. The number of hydrogen-bond donors (Lipinski definition) is 2. The van der Waals surface area contributed by atoms with Gasteiger partial charge in [-0.15, -0.1) is 24.0 Å². The van der Waals surface area contributed by atoms with Gasteiger partial charge in [-0.1, -0.05) is 35.3 Å². The average molecular weight is 564 g/mol. The van der Waals surface area contributed by atoms with Gasteiger partial charge in [-0.3, -0.25) is 4.99 Å². The number of morpholine rings is 1. The molecular formula is C21H28Cl2IN5O. The molecule has 1 fully saturated rings. The summed E-state index contributed by atoms with van der Waals surface area (Å²) >= 11 is 12.2. The summed E-state index contributed by atoms with van der Waals surface area (Å²) in [5, 5.41) is 7.81. The van der Waals surface area contributed by atoms with Crippen molar-refractivity contribution in [1.29, 1.82) is 0 Å². The molecule has 0 aliphatic carbocycles. The molecule has 0 radical (unpaired) electrons. The van der Waals surface area contributed by atoms with Crippen LogP contribution in [0.5, 0.6) is 0 Å². The number of pyridine rings is 1. The molecule has 0 bridgehead atoms. The molecule has 1 aromatic heterocycles. The minimum atomic E-state index is 0. The van der Waals surface area contributed by atoms with E-state index in [0.29, 0.717) is 29.1 Å². The van der Waals surface area contributed by atoms with E-state index in [9.17, 15) is 0 Å². The van der Waals surface area contributed by atoms with Crippen LogP contribution >= 0.6 is 47.2 Å². The van der Waals surface area contributed by atoms with Gasteiger partial charge in [-0.05, 0) is 43.2 Å². The summed E-state index contributed by atoms with van der Waals surface area (Å²) in [5.74, 6) is 1.67. The van der Waals surface area contributed by atoms with E-state index in [1.165, 1.54) is 0 Å². The molecule has 0 saturated carbocycles.